The monoisotopic (exact) mass is 323 g/mol. The molecule has 0 spiro atoms. The molecule has 7 heteroatoms. The van der Waals surface area contributed by atoms with Gasteiger partial charge in [-0.3, -0.25) is 4.79 Å². The van der Waals surface area contributed by atoms with Crippen molar-refractivity contribution in [1.82, 2.24) is 4.98 Å². The van der Waals surface area contributed by atoms with Crippen molar-refractivity contribution in [3.05, 3.63) is 36.4 Å². The number of nitrogens with two attached hydrogens (primary N) is 2. The highest BCUT2D eigenvalue weighted by atomic mass is 35.5. The van der Waals surface area contributed by atoms with Crippen molar-refractivity contribution in [2.75, 3.05) is 11.5 Å². The Labute approximate surface area is 131 Å². The Balaban J connectivity index is 0.000000397. The van der Waals surface area contributed by atoms with Crippen LogP contribution in [0.5, 0.6) is 0 Å². The van der Waals surface area contributed by atoms with Crippen molar-refractivity contribution in [2.45, 2.75) is 6.92 Å². The summed E-state index contributed by atoms with van der Waals surface area (Å²) in [5.74, 6) is -0.833. The third kappa shape index (κ3) is 4.40. The van der Waals surface area contributed by atoms with E-state index in [-0.39, 0.29) is 12.4 Å². The van der Waals surface area contributed by atoms with Gasteiger partial charge in [-0.1, -0.05) is 0 Å². The molecule has 0 aliphatic rings. The molecule has 0 saturated carbocycles. The fourth-order valence-corrected chi connectivity index (χ4v) is 2.72. The van der Waals surface area contributed by atoms with E-state index in [4.69, 9.17) is 21.4 Å². The number of aliphatic carboxylic acids is 1. The minimum absolute atomic E-state index is 0. The summed E-state index contributed by atoms with van der Waals surface area (Å²) >= 11 is 1.66. The second kappa shape index (κ2) is 7.01. The molecule has 0 unspecified atom stereocenters. The second-order valence-electron chi connectivity index (χ2n) is 4.19. The van der Waals surface area contributed by atoms with Gasteiger partial charge in [0.25, 0.3) is 15.4 Å². The lowest BCUT2D eigenvalue weighted by molar-refractivity contribution is -0.134. The molecular formula is C14H14ClN3O2S. The summed E-state index contributed by atoms with van der Waals surface area (Å²) in [6.45, 7) is 1.08. The number of carboxylic acid groups (broad SMARTS) is 1. The smallest absolute Gasteiger partial charge is 0.300 e. The van der Waals surface area contributed by atoms with Gasteiger partial charge < -0.3 is 29.0 Å². The molecule has 1 aromatic heterocycles. The number of anilines is 2. The Morgan fingerprint density at radius 2 is 1.43 bits per heavy atom. The van der Waals surface area contributed by atoms with Crippen molar-refractivity contribution in [3.8, 4) is 0 Å². The number of hydrogen-bond donors (Lipinski definition) is 3. The van der Waals surface area contributed by atoms with E-state index in [0.29, 0.717) is 0 Å². The first-order valence-corrected chi connectivity index (χ1v) is 6.65. The van der Waals surface area contributed by atoms with Crippen LogP contribution < -0.4 is 23.9 Å². The van der Waals surface area contributed by atoms with Crippen LogP contribution in [0.4, 0.5) is 11.4 Å². The molecule has 0 saturated heterocycles. The first kappa shape index (κ1) is 16.9. The molecule has 110 valence electrons. The quantitative estimate of drug-likeness (QED) is 0.307. The van der Waals surface area contributed by atoms with Gasteiger partial charge >= 0.3 is 0 Å². The zero-order chi connectivity index (χ0) is 14.7. The fraction of sp³-hybridized carbons (Fsp3) is 0.0714. The molecule has 2 aromatic carbocycles. The second-order valence-corrected chi connectivity index (χ2v) is 5.27. The van der Waals surface area contributed by atoms with Crippen LogP contribution >= 0.6 is 11.3 Å². The zero-order valence-corrected chi connectivity index (χ0v) is 12.8. The van der Waals surface area contributed by atoms with Crippen LogP contribution in [0.2, 0.25) is 0 Å². The number of nitrogen functional groups attached to an aromatic ring is 2. The summed E-state index contributed by atoms with van der Waals surface area (Å²) in [6, 6.07) is 11.5. The topological polar surface area (TPSA) is 102 Å². The van der Waals surface area contributed by atoms with Gasteiger partial charge in [0.15, 0.2) is 0 Å². The zero-order valence-electron chi connectivity index (χ0n) is 11.2. The van der Waals surface area contributed by atoms with Crippen LogP contribution in [0.3, 0.4) is 0 Å². The molecule has 3 aromatic rings. The van der Waals surface area contributed by atoms with E-state index >= 15 is 0 Å². The van der Waals surface area contributed by atoms with E-state index in [1.807, 2.05) is 36.4 Å². The molecule has 3 rings (SSSR count). The molecule has 21 heavy (non-hydrogen) atoms. The van der Waals surface area contributed by atoms with Gasteiger partial charge in [0.05, 0.1) is 0 Å². The van der Waals surface area contributed by atoms with Crippen LogP contribution in [0.15, 0.2) is 36.4 Å². The summed E-state index contributed by atoms with van der Waals surface area (Å²) in [5.41, 5.74) is 15.0. The van der Waals surface area contributed by atoms with E-state index in [9.17, 15) is 0 Å². The van der Waals surface area contributed by atoms with E-state index in [0.717, 1.165) is 38.7 Å². The molecule has 0 aliphatic carbocycles. The van der Waals surface area contributed by atoms with Gasteiger partial charge in [-0.2, -0.15) is 0 Å². The number of aromatic nitrogens is 1. The van der Waals surface area contributed by atoms with Crippen LogP contribution in [-0.2, 0) is 4.79 Å². The van der Waals surface area contributed by atoms with Gasteiger partial charge in [-0.25, -0.2) is 4.98 Å². The minimum Gasteiger partial charge on any atom is -1.00 e. The first-order valence-electron chi connectivity index (χ1n) is 5.84. The molecule has 5 N–H and O–H groups in total. The highest BCUT2D eigenvalue weighted by Crippen LogP contribution is 2.28. The third-order valence-corrected chi connectivity index (χ3v) is 3.52. The molecular weight excluding hydrogens is 310 g/mol. The predicted octanol–water partition coefficient (Wildman–Crippen LogP) is -0.0101. The summed E-state index contributed by atoms with van der Waals surface area (Å²) < 4.78 is 2.16. The van der Waals surface area contributed by atoms with Crippen LogP contribution in [0.25, 0.3) is 20.4 Å². The number of fused-ring (bicyclic) bond motifs is 2. The maximum absolute atomic E-state index is 9.00. The number of carbonyl (C=O) groups is 1. The average molecular weight is 324 g/mol. The van der Waals surface area contributed by atoms with Crippen LogP contribution in [-0.4, -0.2) is 16.1 Å². The Morgan fingerprint density at radius 1 is 1.05 bits per heavy atom. The van der Waals surface area contributed by atoms with Crippen molar-refractivity contribution in [2.24, 2.45) is 0 Å². The summed E-state index contributed by atoms with van der Waals surface area (Å²) in [5, 5.41) is 7.42. The third-order valence-electron chi connectivity index (χ3n) is 2.43. The highest BCUT2D eigenvalue weighted by molar-refractivity contribution is 7.24. The van der Waals surface area contributed by atoms with Crippen LogP contribution in [0.1, 0.15) is 6.92 Å². The predicted molar refractivity (Wildman–Crippen MR) is 83.7 cm³/mol. The standard InChI is InChI=1S/C12H10N3S.C2H4O2.ClH/c13-7-1-3-9-11(5-7)16-12-6-8(14)2-4-10(12)15-9;1-2(3)4;/h1-6H,13-14H2;1H3,(H,3,4);1H/q+1;;/p-1. The van der Waals surface area contributed by atoms with E-state index < -0.39 is 5.97 Å². The van der Waals surface area contributed by atoms with Gasteiger partial charge in [0.1, 0.15) is 11.0 Å². The van der Waals surface area contributed by atoms with E-state index in [2.05, 4.69) is 4.98 Å². The number of hydrogen-bond acceptors (Lipinski definition) is 4. The summed E-state index contributed by atoms with van der Waals surface area (Å²) in [6.07, 6.45) is 0. The fourth-order valence-electron chi connectivity index (χ4n) is 1.66. The Hall–Kier alpha value is -2.18. The Bertz CT molecular complexity index is 735. The van der Waals surface area contributed by atoms with Crippen molar-refractivity contribution >= 4 is 49.1 Å². The van der Waals surface area contributed by atoms with Gasteiger partial charge in [0, 0.05) is 30.4 Å². The van der Waals surface area contributed by atoms with Crippen molar-refractivity contribution in [1.29, 1.82) is 0 Å². The average Bonchev–Trinajstić information content (AvgIpc) is 2.35. The van der Waals surface area contributed by atoms with E-state index in [1.165, 1.54) is 0 Å². The van der Waals surface area contributed by atoms with Crippen LogP contribution in [0, 0.1) is 0 Å². The van der Waals surface area contributed by atoms with Crippen molar-refractivity contribution < 1.29 is 22.3 Å². The summed E-state index contributed by atoms with van der Waals surface area (Å²) in [7, 11) is 0. The highest BCUT2D eigenvalue weighted by Gasteiger charge is 2.12. The molecule has 0 bridgehead atoms. The number of benzene rings is 2. The molecule has 1 heterocycles. The summed E-state index contributed by atoms with van der Waals surface area (Å²) in [4.78, 5) is 13.6. The normalized spacial score (nSPS) is 9.57. The number of halogens is 1. The number of carboxylic acids is 1. The minimum atomic E-state index is -0.833. The Kier molecular flexibility index (Phi) is 5.63. The lowest BCUT2D eigenvalue weighted by Crippen LogP contribution is -3.00. The van der Waals surface area contributed by atoms with Gasteiger partial charge in [-0.05, 0) is 24.3 Å². The lowest BCUT2D eigenvalue weighted by Gasteiger charge is -1.94. The largest absolute Gasteiger partial charge is 1.00 e. The molecule has 0 fully saturated rings. The SMILES string of the molecule is CC(=O)O.Nc1ccc2nc3ccc(N)cc3[s+]c2c1.[Cl-]. The first-order chi connectivity index (χ1) is 9.45. The number of nitrogens with zero attached hydrogens (tertiary/aromatic N) is 1. The molecule has 0 amide bonds. The van der Waals surface area contributed by atoms with Gasteiger partial charge in [0.2, 0.25) is 11.3 Å². The molecule has 0 radical (unpaired) electrons. The Morgan fingerprint density at radius 3 is 1.81 bits per heavy atom. The van der Waals surface area contributed by atoms with E-state index in [1.54, 1.807) is 11.3 Å². The van der Waals surface area contributed by atoms with Crippen molar-refractivity contribution in [3.63, 3.8) is 0 Å². The maximum Gasteiger partial charge on any atom is 0.300 e. The lowest BCUT2D eigenvalue weighted by atomic mass is 10.3. The molecule has 0 aliphatic heterocycles. The maximum atomic E-state index is 9.00. The molecule has 0 atom stereocenters. The van der Waals surface area contributed by atoms with Gasteiger partial charge in [-0.15, -0.1) is 0 Å². The molecule has 5 nitrogen and oxygen atoms in total. The number of rotatable bonds is 0.